The Kier molecular flexibility index (Phi) is 3.33. The van der Waals surface area contributed by atoms with E-state index in [2.05, 4.69) is 11.8 Å². The van der Waals surface area contributed by atoms with Crippen LogP contribution in [0.4, 0.5) is 0 Å². The minimum absolute atomic E-state index is 0.266. The van der Waals surface area contributed by atoms with Crippen molar-refractivity contribution in [2.24, 2.45) is 17.6 Å². The summed E-state index contributed by atoms with van der Waals surface area (Å²) in [6.45, 7) is 6.44. The topological polar surface area (TPSA) is 38.5 Å². The normalized spacial score (nSPS) is 31.8. The Labute approximate surface area is 93.0 Å². The molecule has 3 nitrogen and oxygen atoms in total. The number of likely N-dealkylation sites (tertiary alicyclic amines) is 1. The molecule has 2 unspecified atom stereocenters. The summed E-state index contributed by atoms with van der Waals surface area (Å²) in [5, 5.41) is 0. The second-order valence-corrected chi connectivity index (χ2v) is 5.39. The molecule has 1 heterocycles. The molecule has 15 heavy (non-hydrogen) atoms. The molecule has 2 fully saturated rings. The fraction of sp³-hybridized carbons (Fsp3) is 1.00. The third kappa shape index (κ3) is 2.19. The molecular weight excluding hydrogens is 188 g/mol. The average molecular weight is 212 g/mol. The number of ether oxygens (including phenoxy) is 1. The number of hydrogen-bond acceptors (Lipinski definition) is 3. The molecule has 2 N–H and O–H groups in total. The van der Waals surface area contributed by atoms with Crippen LogP contribution in [-0.2, 0) is 4.74 Å². The van der Waals surface area contributed by atoms with E-state index in [1.807, 2.05) is 0 Å². The number of rotatable bonds is 5. The second kappa shape index (κ2) is 4.40. The SMILES string of the molecule is COCC1CCN(C(C)(CN)C2CC2)C1. The Morgan fingerprint density at radius 3 is 2.67 bits per heavy atom. The summed E-state index contributed by atoms with van der Waals surface area (Å²) < 4.78 is 5.24. The van der Waals surface area contributed by atoms with Gasteiger partial charge in [0, 0.05) is 25.7 Å². The summed E-state index contributed by atoms with van der Waals surface area (Å²) in [4.78, 5) is 2.61. The first kappa shape index (κ1) is 11.4. The lowest BCUT2D eigenvalue weighted by Crippen LogP contribution is -2.52. The zero-order chi connectivity index (χ0) is 10.9. The highest BCUT2D eigenvalue weighted by Crippen LogP contribution is 2.44. The minimum Gasteiger partial charge on any atom is -0.384 e. The van der Waals surface area contributed by atoms with Crippen molar-refractivity contribution >= 4 is 0 Å². The van der Waals surface area contributed by atoms with E-state index in [-0.39, 0.29) is 5.54 Å². The van der Waals surface area contributed by atoms with Gasteiger partial charge in [-0.25, -0.2) is 0 Å². The van der Waals surface area contributed by atoms with Crippen LogP contribution in [0.3, 0.4) is 0 Å². The summed E-state index contributed by atoms with van der Waals surface area (Å²) >= 11 is 0. The van der Waals surface area contributed by atoms with Gasteiger partial charge >= 0.3 is 0 Å². The molecule has 0 aromatic heterocycles. The van der Waals surface area contributed by atoms with E-state index in [1.165, 1.54) is 32.4 Å². The van der Waals surface area contributed by atoms with Crippen LogP contribution in [0, 0.1) is 11.8 Å². The summed E-state index contributed by atoms with van der Waals surface area (Å²) in [7, 11) is 1.80. The maximum atomic E-state index is 5.97. The quantitative estimate of drug-likeness (QED) is 0.741. The molecular formula is C12H24N2O. The number of hydrogen-bond donors (Lipinski definition) is 1. The number of nitrogens with two attached hydrogens (primary N) is 1. The third-order valence-corrected chi connectivity index (χ3v) is 4.28. The molecule has 0 bridgehead atoms. The molecule has 1 saturated carbocycles. The van der Waals surface area contributed by atoms with Gasteiger partial charge in [-0.1, -0.05) is 0 Å². The summed E-state index contributed by atoms with van der Waals surface area (Å²) in [5.41, 5.74) is 6.24. The van der Waals surface area contributed by atoms with Crippen LogP contribution in [-0.4, -0.2) is 43.8 Å². The smallest absolute Gasteiger partial charge is 0.0503 e. The standard InChI is InChI=1S/C12H24N2O/c1-12(9-13,11-3-4-11)14-6-5-10(7-14)8-15-2/h10-11H,3-9,13H2,1-2H3. The number of nitrogens with zero attached hydrogens (tertiary/aromatic N) is 1. The Balaban J connectivity index is 1.93. The molecule has 0 aromatic carbocycles. The van der Waals surface area contributed by atoms with E-state index in [0.717, 1.165) is 25.0 Å². The van der Waals surface area contributed by atoms with Crippen LogP contribution in [0.1, 0.15) is 26.2 Å². The van der Waals surface area contributed by atoms with Crippen molar-refractivity contribution in [3.63, 3.8) is 0 Å². The Bertz CT molecular complexity index is 218. The van der Waals surface area contributed by atoms with Gasteiger partial charge in [-0.15, -0.1) is 0 Å². The predicted octanol–water partition coefficient (Wildman–Crippen LogP) is 1.08. The minimum atomic E-state index is 0.266. The van der Waals surface area contributed by atoms with E-state index in [0.29, 0.717) is 0 Å². The molecule has 2 aliphatic rings. The summed E-state index contributed by atoms with van der Waals surface area (Å²) in [6.07, 6.45) is 4.02. The van der Waals surface area contributed by atoms with Crippen LogP contribution in [0.15, 0.2) is 0 Å². The lowest BCUT2D eigenvalue weighted by Gasteiger charge is -2.38. The van der Waals surface area contributed by atoms with Crippen LogP contribution in [0.2, 0.25) is 0 Å². The molecule has 3 heteroatoms. The highest BCUT2D eigenvalue weighted by Gasteiger charge is 2.46. The van der Waals surface area contributed by atoms with Gasteiger partial charge in [0.1, 0.15) is 0 Å². The van der Waals surface area contributed by atoms with Crippen molar-refractivity contribution in [1.29, 1.82) is 0 Å². The van der Waals surface area contributed by atoms with Gasteiger partial charge in [-0.05, 0) is 44.6 Å². The van der Waals surface area contributed by atoms with Gasteiger partial charge in [0.05, 0.1) is 6.61 Å². The van der Waals surface area contributed by atoms with Gasteiger partial charge in [0.2, 0.25) is 0 Å². The predicted molar refractivity (Wildman–Crippen MR) is 61.7 cm³/mol. The first-order valence-electron chi connectivity index (χ1n) is 6.14. The van der Waals surface area contributed by atoms with Crippen molar-refractivity contribution in [3.8, 4) is 0 Å². The largest absolute Gasteiger partial charge is 0.384 e. The molecule has 1 saturated heterocycles. The zero-order valence-corrected chi connectivity index (χ0v) is 10.0. The molecule has 2 rings (SSSR count). The van der Waals surface area contributed by atoms with Gasteiger partial charge in [-0.2, -0.15) is 0 Å². The highest BCUT2D eigenvalue weighted by atomic mass is 16.5. The first-order chi connectivity index (χ1) is 7.20. The summed E-state index contributed by atoms with van der Waals surface area (Å²) in [6, 6.07) is 0. The van der Waals surface area contributed by atoms with Crippen molar-refractivity contribution in [2.45, 2.75) is 31.7 Å². The molecule has 0 aromatic rings. The van der Waals surface area contributed by atoms with E-state index >= 15 is 0 Å². The highest BCUT2D eigenvalue weighted by molar-refractivity contribution is 5.02. The molecule has 2 atom stereocenters. The fourth-order valence-corrected chi connectivity index (χ4v) is 2.93. The van der Waals surface area contributed by atoms with E-state index in [9.17, 15) is 0 Å². The van der Waals surface area contributed by atoms with Gasteiger partial charge < -0.3 is 10.5 Å². The fourth-order valence-electron chi connectivity index (χ4n) is 2.93. The molecule has 88 valence electrons. The maximum Gasteiger partial charge on any atom is 0.0503 e. The molecule has 0 amide bonds. The van der Waals surface area contributed by atoms with Crippen molar-refractivity contribution in [3.05, 3.63) is 0 Å². The second-order valence-electron chi connectivity index (χ2n) is 5.39. The lowest BCUT2D eigenvalue weighted by atomic mass is 9.94. The molecule has 1 aliphatic heterocycles. The monoisotopic (exact) mass is 212 g/mol. The van der Waals surface area contributed by atoms with Crippen molar-refractivity contribution in [1.82, 2.24) is 4.90 Å². The molecule has 0 spiro atoms. The average Bonchev–Trinajstić information content (AvgIpc) is 2.99. The maximum absolute atomic E-state index is 5.97. The van der Waals surface area contributed by atoms with E-state index in [4.69, 9.17) is 10.5 Å². The Morgan fingerprint density at radius 2 is 2.13 bits per heavy atom. The van der Waals surface area contributed by atoms with Gasteiger partial charge in [-0.3, -0.25) is 4.90 Å². The first-order valence-corrected chi connectivity index (χ1v) is 6.14. The lowest BCUT2D eigenvalue weighted by molar-refractivity contribution is 0.0995. The van der Waals surface area contributed by atoms with Crippen LogP contribution in [0.5, 0.6) is 0 Å². The van der Waals surface area contributed by atoms with Gasteiger partial charge in [0.25, 0.3) is 0 Å². The Morgan fingerprint density at radius 1 is 1.40 bits per heavy atom. The van der Waals surface area contributed by atoms with E-state index < -0.39 is 0 Å². The van der Waals surface area contributed by atoms with Crippen LogP contribution in [0.25, 0.3) is 0 Å². The number of methoxy groups -OCH3 is 1. The summed E-state index contributed by atoms with van der Waals surface area (Å²) in [5.74, 6) is 1.57. The van der Waals surface area contributed by atoms with Crippen LogP contribution < -0.4 is 5.73 Å². The third-order valence-electron chi connectivity index (χ3n) is 4.28. The molecule has 1 aliphatic carbocycles. The zero-order valence-electron chi connectivity index (χ0n) is 10.0. The van der Waals surface area contributed by atoms with E-state index in [1.54, 1.807) is 7.11 Å². The van der Waals surface area contributed by atoms with Crippen molar-refractivity contribution in [2.75, 3.05) is 33.4 Å². The van der Waals surface area contributed by atoms with Gasteiger partial charge in [0.15, 0.2) is 0 Å². The molecule has 0 radical (unpaired) electrons. The Hall–Kier alpha value is -0.120. The van der Waals surface area contributed by atoms with Crippen molar-refractivity contribution < 1.29 is 4.74 Å². The van der Waals surface area contributed by atoms with Crippen LogP contribution >= 0.6 is 0 Å².